The molecule has 3 rings (SSSR count). The lowest BCUT2D eigenvalue weighted by atomic mass is 9.92. The Kier molecular flexibility index (Phi) is 4.62. The highest BCUT2D eigenvalue weighted by Crippen LogP contribution is 2.32. The lowest BCUT2D eigenvalue weighted by Crippen LogP contribution is -2.50. The molecule has 2 aliphatic rings. The Bertz CT molecular complexity index is 555. The third-order valence-electron chi connectivity index (χ3n) is 4.83. The van der Waals surface area contributed by atoms with Gasteiger partial charge in [-0.2, -0.15) is 0 Å². The molecule has 2 fully saturated rings. The molecule has 0 radical (unpaired) electrons. The van der Waals surface area contributed by atoms with E-state index in [1.165, 1.54) is 11.1 Å². The van der Waals surface area contributed by atoms with Crippen LogP contribution in [0.25, 0.3) is 0 Å². The van der Waals surface area contributed by atoms with Gasteiger partial charge in [0.15, 0.2) is 0 Å². The van der Waals surface area contributed by atoms with Gasteiger partial charge in [0.1, 0.15) is 5.60 Å². The zero-order valence-corrected chi connectivity index (χ0v) is 14.5. The monoisotopic (exact) mass is 316 g/mol. The molecule has 0 N–H and O–H groups in total. The Labute approximate surface area is 139 Å². The molecule has 0 aromatic heterocycles. The molecule has 4 nitrogen and oxygen atoms in total. The summed E-state index contributed by atoms with van der Waals surface area (Å²) in [5.41, 5.74) is 2.46. The van der Waals surface area contributed by atoms with Crippen LogP contribution in [0.2, 0.25) is 0 Å². The van der Waals surface area contributed by atoms with Gasteiger partial charge in [0, 0.05) is 20.1 Å². The average molecular weight is 316 g/mol. The average Bonchev–Trinajstić information content (AvgIpc) is 2.74. The van der Waals surface area contributed by atoms with E-state index in [1.54, 1.807) is 4.90 Å². The van der Waals surface area contributed by atoms with Crippen LogP contribution < -0.4 is 0 Å². The van der Waals surface area contributed by atoms with Gasteiger partial charge in [-0.1, -0.05) is 38.1 Å². The molecule has 4 heteroatoms. The molecule has 23 heavy (non-hydrogen) atoms. The fourth-order valence-corrected chi connectivity index (χ4v) is 3.84. The Balaban J connectivity index is 1.61. The molecular weight excluding hydrogens is 288 g/mol. The quantitative estimate of drug-likeness (QED) is 0.854. The second kappa shape index (κ2) is 6.52. The van der Waals surface area contributed by atoms with E-state index < -0.39 is 0 Å². The number of carbonyl (C=O) groups excluding carboxylic acids is 1. The maximum Gasteiger partial charge on any atom is 0.410 e. The summed E-state index contributed by atoms with van der Waals surface area (Å²) in [7, 11) is 1.82. The number of ether oxygens (including phenoxy) is 1. The van der Waals surface area contributed by atoms with Crippen LogP contribution >= 0.6 is 0 Å². The highest BCUT2D eigenvalue weighted by atomic mass is 16.6. The number of piperidine rings is 1. The van der Waals surface area contributed by atoms with E-state index in [0.29, 0.717) is 5.92 Å². The first-order valence-corrected chi connectivity index (χ1v) is 8.70. The largest absolute Gasteiger partial charge is 0.440 e. The minimum atomic E-state index is -0.290. The molecular formula is C19H28N2O2. The lowest BCUT2D eigenvalue weighted by Gasteiger charge is -2.38. The van der Waals surface area contributed by atoms with Crippen LogP contribution in [-0.4, -0.2) is 48.2 Å². The molecule has 0 aliphatic carbocycles. The fourth-order valence-electron chi connectivity index (χ4n) is 3.84. The summed E-state index contributed by atoms with van der Waals surface area (Å²) >= 11 is 0. The molecule has 1 aromatic rings. The van der Waals surface area contributed by atoms with Crippen molar-refractivity contribution in [1.82, 2.24) is 9.80 Å². The summed E-state index contributed by atoms with van der Waals surface area (Å²) in [4.78, 5) is 15.8. The molecule has 0 unspecified atom stereocenters. The number of nitrogens with zero attached hydrogens (tertiary/aromatic N) is 2. The van der Waals surface area contributed by atoms with Crippen molar-refractivity contribution < 1.29 is 9.53 Å². The molecule has 1 atom stereocenters. The summed E-state index contributed by atoms with van der Waals surface area (Å²) in [6, 6.07) is 8.98. The molecule has 2 aliphatic heterocycles. The van der Waals surface area contributed by atoms with Crippen molar-refractivity contribution in [2.45, 2.75) is 45.3 Å². The van der Waals surface area contributed by atoms with Gasteiger partial charge in [0.2, 0.25) is 0 Å². The van der Waals surface area contributed by atoms with Gasteiger partial charge in [-0.3, -0.25) is 4.90 Å². The number of amides is 1. The van der Waals surface area contributed by atoms with Crippen molar-refractivity contribution >= 4 is 6.09 Å². The van der Waals surface area contributed by atoms with E-state index in [1.807, 2.05) is 7.05 Å². The van der Waals surface area contributed by atoms with Gasteiger partial charge in [-0.25, -0.2) is 4.79 Å². The van der Waals surface area contributed by atoms with Crippen LogP contribution in [0.5, 0.6) is 0 Å². The van der Waals surface area contributed by atoms with E-state index >= 15 is 0 Å². The van der Waals surface area contributed by atoms with Crippen LogP contribution in [0.3, 0.4) is 0 Å². The van der Waals surface area contributed by atoms with Crippen LogP contribution in [0.1, 0.15) is 37.8 Å². The SMILES string of the molecule is CC(C)Cc1ccc(CN2CCC[C@@]3(C2)CN(C)C(=O)O3)cc1. The third kappa shape index (κ3) is 3.86. The number of carbonyl (C=O) groups is 1. The normalized spacial score (nSPS) is 25.4. The highest BCUT2D eigenvalue weighted by molar-refractivity contribution is 5.70. The van der Waals surface area contributed by atoms with E-state index in [9.17, 15) is 4.79 Å². The van der Waals surface area contributed by atoms with Crippen LogP contribution in [0.4, 0.5) is 4.79 Å². The number of benzene rings is 1. The number of rotatable bonds is 4. The number of hydrogen-bond donors (Lipinski definition) is 0. The molecule has 1 spiro atoms. The maximum atomic E-state index is 11.7. The third-order valence-corrected chi connectivity index (χ3v) is 4.83. The van der Waals surface area contributed by atoms with E-state index in [0.717, 1.165) is 45.4 Å². The van der Waals surface area contributed by atoms with Crippen LogP contribution in [0.15, 0.2) is 24.3 Å². The Hall–Kier alpha value is -1.55. The zero-order valence-electron chi connectivity index (χ0n) is 14.5. The van der Waals surface area contributed by atoms with Gasteiger partial charge in [-0.05, 0) is 42.9 Å². The summed E-state index contributed by atoms with van der Waals surface area (Å²) in [6.07, 6.45) is 3.03. The molecule has 126 valence electrons. The van der Waals surface area contributed by atoms with Crippen LogP contribution in [-0.2, 0) is 17.7 Å². The number of likely N-dealkylation sites (N-methyl/N-ethyl adjacent to an activating group) is 1. The predicted octanol–water partition coefficient (Wildman–Crippen LogP) is 3.30. The second-order valence-electron chi connectivity index (χ2n) is 7.64. The fraction of sp³-hybridized carbons (Fsp3) is 0.632. The van der Waals surface area contributed by atoms with Gasteiger partial charge < -0.3 is 9.64 Å². The van der Waals surface area contributed by atoms with E-state index in [2.05, 4.69) is 43.0 Å². The Morgan fingerprint density at radius 2 is 1.87 bits per heavy atom. The molecule has 2 heterocycles. The van der Waals surface area contributed by atoms with E-state index in [-0.39, 0.29) is 11.7 Å². The number of hydrogen-bond acceptors (Lipinski definition) is 3. The van der Waals surface area contributed by atoms with Crippen molar-refractivity contribution in [3.8, 4) is 0 Å². The maximum absolute atomic E-state index is 11.7. The lowest BCUT2D eigenvalue weighted by molar-refractivity contribution is -0.0113. The Morgan fingerprint density at radius 1 is 1.17 bits per heavy atom. The first-order valence-electron chi connectivity index (χ1n) is 8.70. The van der Waals surface area contributed by atoms with Gasteiger partial charge >= 0.3 is 6.09 Å². The molecule has 1 aromatic carbocycles. The van der Waals surface area contributed by atoms with E-state index in [4.69, 9.17) is 4.74 Å². The molecule has 0 bridgehead atoms. The molecule has 0 saturated carbocycles. The van der Waals surface area contributed by atoms with Crippen molar-refractivity contribution in [2.75, 3.05) is 26.7 Å². The van der Waals surface area contributed by atoms with Crippen molar-refractivity contribution in [1.29, 1.82) is 0 Å². The van der Waals surface area contributed by atoms with Gasteiger partial charge in [-0.15, -0.1) is 0 Å². The van der Waals surface area contributed by atoms with Gasteiger partial charge in [0.05, 0.1) is 6.54 Å². The van der Waals surface area contributed by atoms with Crippen molar-refractivity contribution in [2.24, 2.45) is 5.92 Å². The van der Waals surface area contributed by atoms with Crippen molar-refractivity contribution in [3.05, 3.63) is 35.4 Å². The Morgan fingerprint density at radius 3 is 2.48 bits per heavy atom. The van der Waals surface area contributed by atoms with Crippen LogP contribution in [0, 0.1) is 5.92 Å². The summed E-state index contributed by atoms with van der Waals surface area (Å²) in [6.45, 7) is 8.08. The molecule has 2 saturated heterocycles. The zero-order chi connectivity index (χ0) is 16.4. The standard InChI is InChI=1S/C19H28N2O2/c1-15(2)11-16-5-7-17(8-6-16)12-21-10-4-9-19(14-21)13-20(3)18(22)23-19/h5-8,15H,4,9-14H2,1-3H3/t19-/m0/s1. The predicted molar refractivity (Wildman–Crippen MR) is 91.3 cm³/mol. The summed E-state index contributed by atoms with van der Waals surface area (Å²) in [5.74, 6) is 0.692. The minimum absolute atomic E-state index is 0.176. The first-order chi connectivity index (χ1) is 11.0. The second-order valence-corrected chi connectivity index (χ2v) is 7.64. The van der Waals surface area contributed by atoms with Gasteiger partial charge in [0.25, 0.3) is 0 Å². The smallest absolute Gasteiger partial charge is 0.410 e. The molecule has 1 amide bonds. The van der Waals surface area contributed by atoms with Crippen molar-refractivity contribution in [3.63, 3.8) is 0 Å². The minimum Gasteiger partial charge on any atom is -0.440 e. The summed E-state index contributed by atoms with van der Waals surface area (Å²) < 4.78 is 5.68. The first kappa shape index (κ1) is 16.3. The number of likely N-dealkylation sites (tertiary alicyclic amines) is 1. The highest BCUT2D eigenvalue weighted by Gasteiger charge is 2.46. The summed E-state index contributed by atoms with van der Waals surface area (Å²) in [5, 5.41) is 0. The topological polar surface area (TPSA) is 32.8 Å².